The molecule has 0 radical (unpaired) electrons. The van der Waals surface area contributed by atoms with Crippen molar-refractivity contribution in [2.45, 2.75) is 40.6 Å². The highest BCUT2D eigenvalue weighted by Gasteiger charge is 2.19. The molecule has 7 nitrogen and oxygen atoms in total. The van der Waals surface area contributed by atoms with Crippen LogP contribution in [0.5, 0.6) is 5.75 Å². The van der Waals surface area contributed by atoms with Gasteiger partial charge in [0.05, 0.1) is 5.69 Å². The quantitative estimate of drug-likeness (QED) is 0.607. The van der Waals surface area contributed by atoms with Gasteiger partial charge in [-0.2, -0.15) is 10.2 Å². The molecule has 0 fully saturated rings. The van der Waals surface area contributed by atoms with Gasteiger partial charge in [-0.05, 0) is 39.0 Å². The fourth-order valence-electron chi connectivity index (χ4n) is 3.05. The van der Waals surface area contributed by atoms with Crippen molar-refractivity contribution in [1.29, 1.82) is 0 Å². The summed E-state index contributed by atoms with van der Waals surface area (Å²) in [6.07, 6.45) is 1.56. The van der Waals surface area contributed by atoms with Crippen LogP contribution in [-0.4, -0.2) is 37.4 Å². The molecule has 1 aromatic carbocycles. The minimum Gasteiger partial charge on any atom is -0.468 e. The summed E-state index contributed by atoms with van der Waals surface area (Å²) in [5.74, 6) is -1.82. The zero-order valence-corrected chi connectivity index (χ0v) is 16.8. The maximum absolute atomic E-state index is 13.6. The third kappa shape index (κ3) is 4.44. The largest absolute Gasteiger partial charge is 0.468 e. The Morgan fingerprint density at radius 2 is 1.97 bits per heavy atom. The van der Waals surface area contributed by atoms with E-state index in [4.69, 9.17) is 4.74 Å². The lowest BCUT2D eigenvalue weighted by Gasteiger charge is -2.16. The molecule has 154 valence electrons. The second-order valence-corrected chi connectivity index (χ2v) is 6.71. The Balaban J connectivity index is 1.65. The second kappa shape index (κ2) is 8.42. The SMILES string of the molecule is CCn1nc(C)c(CN(C)C(=O)c2ccn(COc3ccc(F)cc3F)n2)c1C. The van der Waals surface area contributed by atoms with E-state index in [1.165, 1.54) is 10.7 Å². The van der Waals surface area contributed by atoms with Gasteiger partial charge in [0.1, 0.15) is 5.82 Å². The summed E-state index contributed by atoms with van der Waals surface area (Å²) < 4.78 is 35.1. The van der Waals surface area contributed by atoms with Crippen LogP contribution in [0.2, 0.25) is 0 Å². The van der Waals surface area contributed by atoms with Crippen molar-refractivity contribution in [2.75, 3.05) is 7.05 Å². The minimum atomic E-state index is -0.799. The molecule has 0 saturated heterocycles. The van der Waals surface area contributed by atoms with Gasteiger partial charge in [-0.1, -0.05) is 0 Å². The first-order valence-electron chi connectivity index (χ1n) is 9.19. The maximum Gasteiger partial charge on any atom is 0.274 e. The van der Waals surface area contributed by atoms with E-state index in [0.717, 1.165) is 35.6 Å². The maximum atomic E-state index is 13.6. The summed E-state index contributed by atoms with van der Waals surface area (Å²) in [6.45, 7) is 7.00. The van der Waals surface area contributed by atoms with Crippen LogP contribution in [0.4, 0.5) is 8.78 Å². The summed E-state index contributed by atoms with van der Waals surface area (Å²) in [4.78, 5) is 14.3. The Morgan fingerprint density at radius 1 is 1.21 bits per heavy atom. The molecule has 0 atom stereocenters. The van der Waals surface area contributed by atoms with Crippen molar-refractivity contribution in [3.8, 4) is 5.75 Å². The Hall–Kier alpha value is -3.23. The smallest absolute Gasteiger partial charge is 0.274 e. The highest BCUT2D eigenvalue weighted by atomic mass is 19.1. The van der Waals surface area contributed by atoms with Gasteiger partial charge < -0.3 is 9.64 Å². The molecule has 0 aliphatic rings. The van der Waals surface area contributed by atoms with Gasteiger partial charge >= 0.3 is 0 Å². The molecule has 0 aliphatic heterocycles. The van der Waals surface area contributed by atoms with E-state index < -0.39 is 11.6 Å². The number of aryl methyl sites for hydroxylation is 2. The Bertz CT molecular complexity index is 1030. The molecular weight excluding hydrogens is 380 g/mol. The van der Waals surface area contributed by atoms with Crippen LogP contribution in [0.25, 0.3) is 0 Å². The van der Waals surface area contributed by atoms with E-state index in [1.54, 1.807) is 24.2 Å². The average Bonchev–Trinajstić information content (AvgIpc) is 3.26. The van der Waals surface area contributed by atoms with E-state index in [9.17, 15) is 13.6 Å². The third-order valence-corrected chi connectivity index (χ3v) is 4.68. The molecule has 0 N–H and O–H groups in total. The standard InChI is InChI=1S/C20H23F2N5O2/c1-5-27-14(3)16(13(2)23-27)11-25(4)20(28)18-8-9-26(24-18)12-29-19-7-6-15(21)10-17(19)22/h6-10H,5,11-12H2,1-4H3. The van der Waals surface area contributed by atoms with E-state index in [-0.39, 0.29) is 24.1 Å². The van der Waals surface area contributed by atoms with Gasteiger partial charge in [-0.25, -0.2) is 13.5 Å². The van der Waals surface area contributed by atoms with Crippen LogP contribution in [0, 0.1) is 25.5 Å². The number of amides is 1. The highest BCUT2D eigenvalue weighted by Crippen LogP contribution is 2.18. The van der Waals surface area contributed by atoms with Crippen molar-refractivity contribution < 1.29 is 18.3 Å². The molecule has 3 rings (SSSR count). The van der Waals surface area contributed by atoms with Gasteiger partial charge in [-0.15, -0.1) is 0 Å². The number of hydrogen-bond acceptors (Lipinski definition) is 4. The molecule has 29 heavy (non-hydrogen) atoms. The number of carbonyl (C=O) groups excluding carboxylic acids is 1. The van der Waals surface area contributed by atoms with Crippen LogP contribution in [-0.2, 0) is 19.8 Å². The van der Waals surface area contributed by atoms with E-state index >= 15 is 0 Å². The van der Waals surface area contributed by atoms with Crippen molar-refractivity contribution in [3.05, 3.63) is 64.7 Å². The van der Waals surface area contributed by atoms with E-state index in [0.29, 0.717) is 6.54 Å². The second-order valence-electron chi connectivity index (χ2n) is 6.71. The van der Waals surface area contributed by atoms with Gasteiger partial charge in [0.25, 0.3) is 5.91 Å². The zero-order chi connectivity index (χ0) is 21.1. The first-order chi connectivity index (χ1) is 13.8. The molecule has 0 bridgehead atoms. The monoisotopic (exact) mass is 403 g/mol. The van der Waals surface area contributed by atoms with Crippen LogP contribution in [0.15, 0.2) is 30.5 Å². The van der Waals surface area contributed by atoms with Crippen molar-refractivity contribution in [3.63, 3.8) is 0 Å². The first kappa shape index (κ1) is 20.5. The van der Waals surface area contributed by atoms with Crippen molar-refractivity contribution in [2.24, 2.45) is 0 Å². The molecule has 0 saturated carbocycles. The topological polar surface area (TPSA) is 65.2 Å². The molecule has 0 aliphatic carbocycles. The van der Waals surface area contributed by atoms with Crippen LogP contribution in [0.3, 0.4) is 0 Å². The van der Waals surface area contributed by atoms with E-state index in [1.807, 2.05) is 25.5 Å². The van der Waals surface area contributed by atoms with Crippen LogP contribution < -0.4 is 4.74 Å². The Kier molecular flexibility index (Phi) is 5.95. The van der Waals surface area contributed by atoms with Crippen molar-refractivity contribution in [1.82, 2.24) is 24.5 Å². The number of halogens is 2. The summed E-state index contributed by atoms with van der Waals surface area (Å²) in [7, 11) is 1.70. The van der Waals surface area contributed by atoms with Gasteiger partial charge in [-0.3, -0.25) is 9.48 Å². The lowest BCUT2D eigenvalue weighted by Crippen LogP contribution is -2.27. The lowest BCUT2D eigenvalue weighted by molar-refractivity contribution is 0.0776. The molecule has 2 heterocycles. The third-order valence-electron chi connectivity index (χ3n) is 4.68. The van der Waals surface area contributed by atoms with Crippen LogP contribution >= 0.6 is 0 Å². The fraction of sp³-hybridized carbons (Fsp3) is 0.350. The van der Waals surface area contributed by atoms with E-state index in [2.05, 4.69) is 10.2 Å². The number of hydrogen-bond donors (Lipinski definition) is 0. The number of carbonyl (C=O) groups is 1. The molecule has 0 spiro atoms. The molecule has 1 amide bonds. The minimum absolute atomic E-state index is 0.0919. The van der Waals surface area contributed by atoms with Gasteiger partial charge in [0.2, 0.25) is 0 Å². The first-order valence-corrected chi connectivity index (χ1v) is 9.19. The number of benzene rings is 1. The highest BCUT2D eigenvalue weighted by molar-refractivity contribution is 5.92. The molecule has 9 heteroatoms. The Labute approximate surface area is 167 Å². The number of aromatic nitrogens is 4. The van der Waals surface area contributed by atoms with Crippen molar-refractivity contribution >= 4 is 5.91 Å². The number of nitrogens with zero attached hydrogens (tertiary/aromatic N) is 5. The molecule has 0 unspecified atom stereocenters. The molecule has 3 aromatic rings. The summed E-state index contributed by atoms with van der Waals surface area (Å²) in [6, 6.07) is 4.62. The predicted molar refractivity (Wildman–Crippen MR) is 102 cm³/mol. The zero-order valence-electron chi connectivity index (χ0n) is 16.8. The molecule has 2 aromatic heterocycles. The normalized spacial score (nSPS) is 11.0. The molecular formula is C20H23F2N5O2. The fourth-order valence-corrected chi connectivity index (χ4v) is 3.05. The average molecular weight is 403 g/mol. The number of rotatable bonds is 7. The lowest BCUT2D eigenvalue weighted by atomic mass is 10.2. The van der Waals surface area contributed by atoms with Gasteiger partial charge in [0, 0.05) is 43.7 Å². The van der Waals surface area contributed by atoms with Gasteiger partial charge in [0.15, 0.2) is 24.0 Å². The summed E-state index contributed by atoms with van der Waals surface area (Å²) in [5, 5.41) is 8.66. The number of ether oxygens (including phenoxy) is 1. The van der Waals surface area contributed by atoms with Crippen LogP contribution in [0.1, 0.15) is 34.4 Å². The predicted octanol–water partition coefficient (Wildman–Crippen LogP) is 3.30. The summed E-state index contributed by atoms with van der Waals surface area (Å²) in [5.41, 5.74) is 3.18. The Morgan fingerprint density at radius 3 is 2.62 bits per heavy atom. The summed E-state index contributed by atoms with van der Waals surface area (Å²) >= 11 is 0.